The number of ether oxygens (including phenoxy) is 1. The number of nitrogens with zero attached hydrogens (tertiary/aromatic N) is 2. The number of aliphatic hydroxyl groups excluding tert-OH is 1. The molecule has 1 amide bonds. The van der Waals surface area contributed by atoms with Gasteiger partial charge in [0.05, 0.1) is 19.3 Å². The van der Waals surface area contributed by atoms with Crippen LogP contribution in [0.25, 0.3) is 0 Å². The van der Waals surface area contributed by atoms with E-state index in [-0.39, 0.29) is 12.5 Å². The minimum atomic E-state index is -0.710. The lowest BCUT2D eigenvalue weighted by molar-refractivity contribution is -0.121. The zero-order valence-electron chi connectivity index (χ0n) is 14.8. The summed E-state index contributed by atoms with van der Waals surface area (Å²) in [5.74, 6) is -0.0641. The zero-order chi connectivity index (χ0) is 18.2. The van der Waals surface area contributed by atoms with Gasteiger partial charge >= 0.3 is 0 Å². The number of hydrogen-bond donors (Lipinski definition) is 2. The summed E-state index contributed by atoms with van der Waals surface area (Å²) in [4.78, 5) is 18.2. The Morgan fingerprint density at radius 2 is 1.85 bits per heavy atom. The monoisotopic (exact) mass is 355 g/mol. The van der Waals surface area contributed by atoms with Crippen molar-refractivity contribution < 1.29 is 14.6 Å². The number of aryl methyl sites for hydroxylation is 1. The molecule has 1 saturated heterocycles. The third-order valence-electron chi connectivity index (χ3n) is 4.54. The maximum Gasteiger partial charge on any atom is 0.220 e. The van der Waals surface area contributed by atoms with E-state index in [2.05, 4.69) is 15.2 Å². The van der Waals surface area contributed by atoms with Crippen LogP contribution in [0.5, 0.6) is 0 Å². The van der Waals surface area contributed by atoms with Gasteiger partial charge in [0, 0.05) is 44.1 Å². The fourth-order valence-electron chi connectivity index (χ4n) is 2.95. The van der Waals surface area contributed by atoms with E-state index < -0.39 is 6.10 Å². The van der Waals surface area contributed by atoms with Gasteiger partial charge in [-0.15, -0.1) is 0 Å². The van der Waals surface area contributed by atoms with Crippen LogP contribution in [0.4, 0.5) is 5.69 Å². The van der Waals surface area contributed by atoms with Crippen molar-refractivity contribution in [2.45, 2.75) is 18.9 Å². The predicted octanol–water partition coefficient (Wildman–Crippen LogP) is 1.70. The molecule has 1 aliphatic heterocycles. The molecule has 1 aromatic carbocycles. The largest absolute Gasteiger partial charge is 0.387 e. The SMILES string of the molecule is O=C(CCc1ccncc1)NCC(O)c1ccc(N2CCOCC2)cc1. The maximum atomic E-state index is 12.0. The molecule has 1 aromatic heterocycles. The second-order valence-electron chi connectivity index (χ2n) is 6.37. The molecule has 6 heteroatoms. The fraction of sp³-hybridized carbons (Fsp3) is 0.400. The molecule has 0 saturated carbocycles. The first kappa shape index (κ1) is 18.4. The Morgan fingerprint density at radius 1 is 1.15 bits per heavy atom. The average molecular weight is 355 g/mol. The molecule has 1 fully saturated rings. The summed E-state index contributed by atoms with van der Waals surface area (Å²) in [5.41, 5.74) is 3.01. The van der Waals surface area contributed by atoms with E-state index in [9.17, 15) is 9.90 Å². The molecule has 0 spiro atoms. The van der Waals surface area contributed by atoms with E-state index >= 15 is 0 Å². The summed E-state index contributed by atoms with van der Waals surface area (Å²) in [6.45, 7) is 3.47. The standard InChI is InChI=1S/C20H25N3O3/c24-19(15-22-20(25)6-1-16-7-9-21-10-8-16)17-2-4-18(5-3-17)23-11-13-26-14-12-23/h2-5,7-10,19,24H,1,6,11-15H2,(H,22,25). The predicted molar refractivity (Wildman–Crippen MR) is 100 cm³/mol. The van der Waals surface area contributed by atoms with Gasteiger partial charge in [0.25, 0.3) is 0 Å². The van der Waals surface area contributed by atoms with Gasteiger partial charge in [0.2, 0.25) is 5.91 Å². The molecule has 2 N–H and O–H groups in total. The van der Waals surface area contributed by atoms with Gasteiger partial charge in [-0.1, -0.05) is 12.1 Å². The summed E-state index contributed by atoms with van der Waals surface area (Å²) in [6.07, 6.45) is 3.79. The molecule has 26 heavy (non-hydrogen) atoms. The van der Waals surface area contributed by atoms with Gasteiger partial charge in [-0.05, 0) is 41.8 Å². The Balaban J connectivity index is 1.43. The molecule has 0 aliphatic carbocycles. The Labute approximate surface area is 153 Å². The van der Waals surface area contributed by atoms with Crippen LogP contribution >= 0.6 is 0 Å². The van der Waals surface area contributed by atoms with E-state index in [0.29, 0.717) is 12.8 Å². The Morgan fingerprint density at radius 3 is 2.54 bits per heavy atom. The summed E-state index contributed by atoms with van der Waals surface area (Å²) >= 11 is 0. The van der Waals surface area contributed by atoms with Crippen molar-refractivity contribution in [3.63, 3.8) is 0 Å². The van der Waals surface area contributed by atoms with Gasteiger partial charge in [-0.3, -0.25) is 9.78 Å². The number of aliphatic hydroxyl groups is 1. The lowest BCUT2D eigenvalue weighted by Gasteiger charge is -2.29. The van der Waals surface area contributed by atoms with Crippen molar-refractivity contribution in [3.05, 3.63) is 59.9 Å². The second kappa shape index (κ2) is 9.31. The average Bonchev–Trinajstić information content (AvgIpc) is 2.72. The van der Waals surface area contributed by atoms with Crippen molar-refractivity contribution in [2.24, 2.45) is 0 Å². The number of aromatic nitrogens is 1. The first-order chi connectivity index (χ1) is 12.7. The molecule has 138 valence electrons. The first-order valence-electron chi connectivity index (χ1n) is 8.99. The highest BCUT2D eigenvalue weighted by atomic mass is 16.5. The van der Waals surface area contributed by atoms with Crippen molar-refractivity contribution in [3.8, 4) is 0 Å². The molecule has 2 aromatic rings. The first-order valence-corrected chi connectivity index (χ1v) is 8.99. The summed E-state index contributed by atoms with van der Waals surface area (Å²) < 4.78 is 5.36. The maximum absolute atomic E-state index is 12.0. The number of carbonyl (C=O) groups is 1. The minimum Gasteiger partial charge on any atom is -0.387 e. The van der Waals surface area contributed by atoms with E-state index in [0.717, 1.165) is 43.1 Å². The van der Waals surface area contributed by atoms with Gasteiger partial charge in [0.15, 0.2) is 0 Å². The number of amides is 1. The van der Waals surface area contributed by atoms with Crippen molar-refractivity contribution in [1.82, 2.24) is 10.3 Å². The van der Waals surface area contributed by atoms with Crippen LogP contribution in [0.1, 0.15) is 23.7 Å². The molecule has 1 unspecified atom stereocenters. The van der Waals surface area contributed by atoms with Crippen molar-refractivity contribution in [1.29, 1.82) is 0 Å². The molecule has 1 atom stereocenters. The van der Waals surface area contributed by atoms with E-state index in [1.807, 2.05) is 36.4 Å². The molecule has 0 bridgehead atoms. The molecular formula is C20H25N3O3. The van der Waals surface area contributed by atoms with Crippen LogP contribution in [0, 0.1) is 0 Å². The van der Waals surface area contributed by atoms with Crippen LogP contribution < -0.4 is 10.2 Å². The summed E-state index contributed by atoms with van der Waals surface area (Å²) in [5, 5.41) is 13.1. The number of hydrogen-bond acceptors (Lipinski definition) is 5. The molecule has 3 rings (SSSR count). The van der Waals surface area contributed by atoms with Crippen molar-refractivity contribution in [2.75, 3.05) is 37.7 Å². The van der Waals surface area contributed by atoms with Crippen LogP contribution in [0.2, 0.25) is 0 Å². The third-order valence-corrected chi connectivity index (χ3v) is 4.54. The minimum absolute atomic E-state index is 0.0641. The van der Waals surface area contributed by atoms with Crippen molar-refractivity contribution >= 4 is 11.6 Å². The number of carbonyl (C=O) groups excluding carboxylic acids is 1. The highest BCUT2D eigenvalue weighted by molar-refractivity contribution is 5.76. The lowest BCUT2D eigenvalue weighted by atomic mass is 10.1. The van der Waals surface area contributed by atoms with E-state index in [4.69, 9.17) is 4.74 Å². The van der Waals surface area contributed by atoms with Gasteiger partial charge < -0.3 is 20.1 Å². The normalized spacial score (nSPS) is 15.5. The highest BCUT2D eigenvalue weighted by Crippen LogP contribution is 2.20. The summed E-state index contributed by atoms with van der Waals surface area (Å²) in [7, 11) is 0. The topological polar surface area (TPSA) is 74.7 Å². The molecule has 2 heterocycles. The number of anilines is 1. The number of nitrogens with one attached hydrogen (secondary N) is 1. The van der Waals surface area contributed by atoms with Gasteiger partial charge in [-0.2, -0.15) is 0 Å². The van der Waals surface area contributed by atoms with Gasteiger partial charge in [-0.25, -0.2) is 0 Å². The smallest absolute Gasteiger partial charge is 0.220 e. The Hall–Kier alpha value is -2.44. The van der Waals surface area contributed by atoms with Crippen LogP contribution in [0.3, 0.4) is 0 Å². The quantitative estimate of drug-likeness (QED) is 0.791. The molecular weight excluding hydrogens is 330 g/mol. The van der Waals surface area contributed by atoms with Crippen LogP contribution in [0.15, 0.2) is 48.8 Å². The molecule has 0 radical (unpaired) electrons. The van der Waals surface area contributed by atoms with Gasteiger partial charge in [0.1, 0.15) is 0 Å². The van der Waals surface area contributed by atoms with E-state index in [1.165, 1.54) is 0 Å². The number of rotatable bonds is 7. The second-order valence-corrected chi connectivity index (χ2v) is 6.37. The molecule has 6 nitrogen and oxygen atoms in total. The number of benzene rings is 1. The Bertz CT molecular complexity index is 685. The Kier molecular flexibility index (Phi) is 6.57. The highest BCUT2D eigenvalue weighted by Gasteiger charge is 2.13. The lowest BCUT2D eigenvalue weighted by Crippen LogP contribution is -2.36. The molecule has 1 aliphatic rings. The van der Waals surface area contributed by atoms with Crippen LogP contribution in [-0.2, 0) is 16.0 Å². The number of pyridine rings is 1. The van der Waals surface area contributed by atoms with E-state index in [1.54, 1.807) is 12.4 Å². The summed E-state index contributed by atoms with van der Waals surface area (Å²) in [6, 6.07) is 11.7. The fourth-order valence-corrected chi connectivity index (χ4v) is 2.95. The zero-order valence-corrected chi connectivity index (χ0v) is 14.8. The number of morpholine rings is 1. The van der Waals surface area contributed by atoms with Crippen LogP contribution in [-0.4, -0.2) is 48.8 Å². The third kappa shape index (κ3) is 5.28.